The fourth-order valence-electron chi connectivity index (χ4n) is 3.11. The summed E-state index contributed by atoms with van der Waals surface area (Å²) < 4.78 is 5.35. The van der Waals surface area contributed by atoms with Crippen LogP contribution < -0.4 is 10.5 Å². The topological polar surface area (TPSA) is 33.5 Å². The minimum Gasteiger partial charge on any atom is -0.423 e. The van der Waals surface area contributed by atoms with Gasteiger partial charge in [-0.3, -0.25) is 0 Å². The van der Waals surface area contributed by atoms with Crippen LogP contribution >= 0.6 is 0 Å². The number of nitrogens with zero attached hydrogens (tertiary/aromatic N) is 1. The molecule has 1 aliphatic rings. The molecular formula is C16H19NO2. The van der Waals surface area contributed by atoms with E-state index in [1.807, 2.05) is 13.0 Å². The molecule has 0 unspecified atom stereocenters. The van der Waals surface area contributed by atoms with Crippen LogP contribution in [0.3, 0.4) is 0 Å². The molecule has 3 nitrogen and oxygen atoms in total. The van der Waals surface area contributed by atoms with E-state index in [0.29, 0.717) is 17.5 Å². The minimum atomic E-state index is -0.274. The molecule has 100 valence electrons. The molecule has 2 aromatic rings. The molecule has 0 N–H and O–H groups in total. The maximum absolute atomic E-state index is 11.5. The first kappa shape index (κ1) is 12.3. The molecule has 3 rings (SSSR count). The summed E-state index contributed by atoms with van der Waals surface area (Å²) in [5.41, 5.74) is 3.95. The van der Waals surface area contributed by atoms with Crippen molar-refractivity contribution in [1.29, 1.82) is 0 Å². The van der Waals surface area contributed by atoms with Gasteiger partial charge in [-0.2, -0.15) is 0 Å². The van der Waals surface area contributed by atoms with Crippen LogP contribution in [0.15, 0.2) is 27.4 Å². The summed E-state index contributed by atoms with van der Waals surface area (Å²) >= 11 is 0. The zero-order chi connectivity index (χ0) is 13.7. The summed E-state index contributed by atoms with van der Waals surface area (Å²) in [5.74, 6) is 0.539. The molecule has 1 aromatic heterocycles. The average Bonchev–Trinajstić information content (AvgIpc) is 2.34. The van der Waals surface area contributed by atoms with Gasteiger partial charge < -0.3 is 9.32 Å². The number of aryl methyl sites for hydroxylation is 1. The molecule has 0 bridgehead atoms. The van der Waals surface area contributed by atoms with Gasteiger partial charge in [0.05, 0.1) is 0 Å². The van der Waals surface area contributed by atoms with Gasteiger partial charge in [-0.25, -0.2) is 4.79 Å². The van der Waals surface area contributed by atoms with Gasteiger partial charge in [0.1, 0.15) is 5.58 Å². The summed E-state index contributed by atoms with van der Waals surface area (Å²) in [5, 5.41) is 1.05. The van der Waals surface area contributed by atoms with Crippen molar-refractivity contribution in [2.75, 3.05) is 11.9 Å². The summed E-state index contributed by atoms with van der Waals surface area (Å²) in [6, 6.07) is 6.28. The van der Waals surface area contributed by atoms with Crippen molar-refractivity contribution >= 4 is 16.7 Å². The van der Waals surface area contributed by atoms with E-state index in [4.69, 9.17) is 4.42 Å². The number of hydrogen-bond acceptors (Lipinski definition) is 3. The molecule has 0 aliphatic carbocycles. The van der Waals surface area contributed by atoms with Gasteiger partial charge in [-0.1, -0.05) is 6.92 Å². The first-order valence-corrected chi connectivity index (χ1v) is 6.78. The Hall–Kier alpha value is -1.77. The predicted octanol–water partition coefficient (Wildman–Crippen LogP) is 3.43. The molecule has 0 radical (unpaired) electrons. The number of rotatable bonds is 0. The summed E-state index contributed by atoms with van der Waals surface area (Å²) in [4.78, 5) is 13.8. The molecule has 0 amide bonds. The Morgan fingerprint density at radius 3 is 2.74 bits per heavy atom. The van der Waals surface area contributed by atoms with Crippen molar-refractivity contribution in [1.82, 2.24) is 0 Å². The second-order valence-electron chi connectivity index (χ2n) is 5.75. The summed E-state index contributed by atoms with van der Waals surface area (Å²) in [7, 11) is 2.11. The zero-order valence-electron chi connectivity index (χ0n) is 11.9. The number of benzene rings is 1. The van der Waals surface area contributed by atoms with E-state index < -0.39 is 0 Å². The SMILES string of the molecule is Cc1cc(=O)oc2cc3c(cc12)[C@H](C)C[C@H](C)N3C. The molecule has 1 aromatic carbocycles. The number of anilines is 1. The smallest absolute Gasteiger partial charge is 0.336 e. The largest absolute Gasteiger partial charge is 0.423 e. The Balaban J connectivity index is 2.33. The van der Waals surface area contributed by atoms with Gasteiger partial charge in [-0.05, 0) is 43.4 Å². The van der Waals surface area contributed by atoms with E-state index in [0.717, 1.165) is 17.4 Å². The van der Waals surface area contributed by atoms with Crippen molar-refractivity contribution in [3.63, 3.8) is 0 Å². The van der Waals surface area contributed by atoms with E-state index >= 15 is 0 Å². The maximum Gasteiger partial charge on any atom is 0.336 e. The molecule has 0 saturated heterocycles. The molecule has 19 heavy (non-hydrogen) atoms. The monoisotopic (exact) mass is 257 g/mol. The van der Waals surface area contributed by atoms with Gasteiger partial charge >= 0.3 is 5.63 Å². The van der Waals surface area contributed by atoms with E-state index in [1.54, 1.807) is 6.07 Å². The zero-order valence-corrected chi connectivity index (χ0v) is 11.9. The highest BCUT2D eigenvalue weighted by Gasteiger charge is 2.26. The van der Waals surface area contributed by atoms with E-state index in [-0.39, 0.29) is 5.63 Å². The highest BCUT2D eigenvalue weighted by Crippen LogP contribution is 2.39. The van der Waals surface area contributed by atoms with Crippen LogP contribution in [0.4, 0.5) is 5.69 Å². The Bertz CT molecular complexity index is 702. The van der Waals surface area contributed by atoms with Crippen LogP contribution in [0.25, 0.3) is 11.0 Å². The fourth-order valence-corrected chi connectivity index (χ4v) is 3.11. The Morgan fingerprint density at radius 1 is 1.26 bits per heavy atom. The third kappa shape index (κ3) is 1.84. The first-order valence-electron chi connectivity index (χ1n) is 6.78. The van der Waals surface area contributed by atoms with Gasteiger partial charge in [0, 0.05) is 36.3 Å². The van der Waals surface area contributed by atoms with Crippen LogP contribution in [0, 0.1) is 6.92 Å². The fraction of sp³-hybridized carbons (Fsp3) is 0.438. The lowest BCUT2D eigenvalue weighted by Crippen LogP contribution is -2.34. The van der Waals surface area contributed by atoms with Crippen LogP contribution in [0.5, 0.6) is 0 Å². The molecule has 1 aliphatic heterocycles. The standard InChI is InChI=1S/C16H19NO2/c1-9-5-11(3)17(4)14-8-15-13(7-12(9)14)10(2)6-16(18)19-15/h6-9,11H,5H2,1-4H3/t9-,11+/m1/s1. The van der Waals surface area contributed by atoms with E-state index in [9.17, 15) is 4.79 Å². The van der Waals surface area contributed by atoms with Gasteiger partial charge in [-0.15, -0.1) is 0 Å². The van der Waals surface area contributed by atoms with Gasteiger partial charge in [0.15, 0.2) is 0 Å². The minimum absolute atomic E-state index is 0.274. The molecular weight excluding hydrogens is 238 g/mol. The van der Waals surface area contributed by atoms with Gasteiger partial charge in [0.2, 0.25) is 0 Å². The normalized spacial score (nSPS) is 22.6. The summed E-state index contributed by atoms with van der Waals surface area (Å²) in [6.45, 7) is 6.46. The highest BCUT2D eigenvalue weighted by atomic mass is 16.4. The third-order valence-electron chi connectivity index (χ3n) is 4.37. The van der Waals surface area contributed by atoms with Crippen molar-refractivity contribution < 1.29 is 4.42 Å². The van der Waals surface area contributed by atoms with Crippen molar-refractivity contribution in [2.24, 2.45) is 0 Å². The Kier molecular flexibility index (Phi) is 2.66. The highest BCUT2D eigenvalue weighted by molar-refractivity contribution is 5.86. The van der Waals surface area contributed by atoms with Gasteiger partial charge in [0.25, 0.3) is 0 Å². The molecule has 2 heterocycles. The molecule has 0 saturated carbocycles. The molecule has 0 spiro atoms. The third-order valence-corrected chi connectivity index (χ3v) is 4.37. The lowest BCUT2D eigenvalue weighted by Gasteiger charge is -2.37. The van der Waals surface area contributed by atoms with E-state index in [2.05, 4.69) is 31.9 Å². The first-order chi connectivity index (χ1) is 8.97. The lowest BCUT2D eigenvalue weighted by atomic mass is 9.86. The Morgan fingerprint density at radius 2 is 2.00 bits per heavy atom. The predicted molar refractivity (Wildman–Crippen MR) is 78.1 cm³/mol. The number of hydrogen-bond donors (Lipinski definition) is 0. The van der Waals surface area contributed by atoms with Crippen LogP contribution in [-0.2, 0) is 0 Å². The quantitative estimate of drug-likeness (QED) is 0.678. The van der Waals surface area contributed by atoms with Crippen molar-refractivity contribution in [3.8, 4) is 0 Å². The molecule has 2 atom stereocenters. The summed E-state index contributed by atoms with van der Waals surface area (Å²) in [6.07, 6.45) is 1.16. The van der Waals surface area contributed by atoms with Crippen LogP contribution in [0.1, 0.15) is 37.3 Å². The second-order valence-corrected chi connectivity index (χ2v) is 5.75. The van der Waals surface area contributed by atoms with Crippen LogP contribution in [-0.4, -0.2) is 13.1 Å². The lowest BCUT2D eigenvalue weighted by molar-refractivity contribution is 0.529. The van der Waals surface area contributed by atoms with Crippen LogP contribution in [0.2, 0.25) is 0 Å². The number of fused-ring (bicyclic) bond motifs is 2. The average molecular weight is 257 g/mol. The van der Waals surface area contributed by atoms with E-state index in [1.165, 1.54) is 11.3 Å². The van der Waals surface area contributed by atoms with Crippen molar-refractivity contribution in [2.45, 2.75) is 39.2 Å². The molecule has 3 heteroatoms. The Labute approximate surface area is 112 Å². The molecule has 0 fully saturated rings. The second kappa shape index (κ2) is 4.12. The van der Waals surface area contributed by atoms with Crippen molar-refractivity contribution in [3.05, 3.63) is 39.7 Å². The maximum atomic E-state index is 11.5.